The van der Waals surface area contributed by atoms with Gasteiger partial charge >= 0.3 is 0 Å². The van der Waals surface area contributed by atoms with Crippen LogP contribution in [0, 0.1) is 21.4 Å². The molecular formula is C24H18N4O6S. The van der Waals surface area contributed by atoms with Crippen LogP contribution in [-0.4, -0.2) is 30.0 Å². The molecule has 4 rings (SSSR count). The molecule has 0 radical (unpaired) electrons. The first-order valence-electron chi connectivity index (χ1n) is 10.2. The molecular weight excluding hydrogens is 472 g/mol. The predicted octanol–water partition coefficient (Wildman–Crippen LogP) is 4.85. The standard InChI is InChI=1S/C24H18N4O6S/c1-32-19-11-18-21(12-20(19)33-2)35-24(26-18)27-23(29)22(15-5-7-16(8-6-15)28(30)31)34-17-9-3-14(13-25)4-10-17/h3-12,22H,1-2H3,(H,26,27,29). The molecule has 1 N–H and O–H groups in total. The number of carbonyl (C=O) groups is 1. The Morgan fingerprint density at radius 1 is 1.09 bits per heavy atom. The molecule has 1 aromatic heterocycles. The fraction of sp³-hybridized carbons (Fsp3) is 0.125. The van der Waals surface area contributed by atoms with E-state index in [-0.39, 0.29) is 5.69 Å². The van der Waals surface area contributed by atoms with Crippen molar-refractivity contribution in [3.63, 3.8) is 0 Å². The van der Waals surface area contributed by atoms with Crippen LogP contribution in [0.5, 0.6) is 17.2 Å². The molecule has 0 bridgehead atoms. The summed E-state index contributed by atoms with van der Waals surface area (Å²) < 4.78 is 17.3. The monoisotopic (exact) mass is 490 g/mol. The molecule has 0 aliphatic heterocycles. The smallest absolute Gasteiger partial charge is 0.271 e. The van der Waals surface area contributed by atoms with Gasteiger partial charge < -0.3 is 14.2 Å². The Hall–Kier alpha value is -4.69. The number of aromatic nitrogens is 1. The highest BCUT2D eigenvalue weighted by molar-refractivity contribution is 7.22. The molecule has 0 saturated heterocycles. The number of non-ortho nitro benzene ring substituents is 1. The van der Waals surface area contributed by atoms with E-state index in [9.17, 15) is 14.9 Å². The molecule has 1 atom stereocenters. The van der Waals surface area contributed by atoms with Crippen molar-refractivity contribution in [3.8, 4) is 23.3 Å². The maximum Gasteiger partial charge on any atom is 0.271 e. The highest BCUT2D eigenvalue weighted by Gasteiger charge is 2.25. The molecule has 3 aromatic carbocycles. The first-order valence-corrected chi connectivity index (χ1v) is 11.0. The van der Waals surface area contributed by atoms with E-state index >= 15 is 0 Å². The van der Waals surface area contributed by atoms with Gasteiger partial charge in [0.25, 0.3) is 11.6 Å². The van der Waals surface area contributed by atoms with Gasteiger partial charge in [-0.05, 0) is 36.4 Å². The second-order valence-electron chi connectivity index (χ2n) is 7.17. The lowest BCUT2D eigenvalue weighted by atomic mass is 10.1. The number of hydrogen-bond acceptors (Lipinski definition) is 9. The Kier molecular flexibility index (Phi) is 6.75. The van der Waals surface area contributed by atoms with E-state index in [1.807, 2.05) is 6.07 Å². The van der Waals surface area contributed by atoms with Crippen LogP contribution in [0.4, 0.5) is 10.8 Å². The Labute approximate surface area is 203 Å². The second kappa shape index (κ2) is 10.1. The number of nitro groups is 1. The molecule has 11 heteroatoms. The molecule has 1 amide bonds. The quantitative estimate of drug-likeness (QED) is 0.273. The number of anilines is 1. The summed E-state index contributed by atoms with van der Waals surface area (Å²) in [6.45, 7) is 0. The first-order chi connectivity index (χ1) is 16.9. The number of nitrogens with zero attached hydrogens (tertiary/aromatic N) is 3. The molecule has 10 nitrogen and oxygen atoms in total. The Balaban J connectivity index is 1.64. The van der Waals surface area contributed by atoms with E-state index in [2.05, 4.69) is 10.3 Å². The van der Waals surface area contributed by atoms with Crippen LogP contribution in [0.15, 0.2) is 60.7 Å². The van der Waals surface area contributed by atoms with Crippen LogP contribution in [0.1, 0.15) is 17.2 Å². The number of nitriles is 1. The molecule has 0 saturated carbocycles. The predicted molar refractivity (Wildman–Crippen MR) is 129 cm³/mol. The van der Waals surface area contributed by atoms with Gasteiger partial charge in [-0.3, -0.25) is 20.2 Å². The number of amides is 1. The van der Waals surface area contributed by atoms with E-state index < -0.39 is 16.9 Å². The summed E-state index contributed by atoms with van der Waals surface area (Å²) in [6.07, 6.45) is -1.14. The van der Waals surface area contributed by atoms with Crippen molar-refractivity contribution in [2.45, 2.75) is 6.10 Å². The lowest BCUT2D eigenvalue weighted by Crippen LogP contribution is -2.25. The zero-order chi connectivity index (χ0) is 24.9. The zero-order valence-electron chi connectivity index (χ0n) is 18.6. The minimum atomic E-state index is -1.14. The second-order valence-corrected chi connectivity index (χ2v) is 8.20. The van der Waals surface area contributed by atoms with E-state index in [1.165, 1.54) is 49.8 Å². The maximum absolute atomic E-state index is 13.3. The normalized spacial score (nSPS) is 11.3. The Morgan fingerprint density at radius 3 is 2.34 bits per heavy atom. The summed E-state index contributed by atoms with van der Waals surface area (Å²) in [5, 5.41) is 23.1. The van der Waals surface area contributed by atoms with E-state index in [0.29, 0.717) is 39.0 Å². The van der Waals surface area contributed by atoms with Gasteiger partial charge in [-0.1, -0.05) is 11.3 Å². The molecule has 176 valence electrons. The van der Waals surface area contributed by atoms with E-state index in [1.54, 1.807) is 36.4 Å². The van der Waals surface area contributed by atoms with Gasteiger partial charge in [0.1, 0.15) is 5.75 Å². The average Bonchev–Trinajstić information content (AvgIpc) is 3.27. The number of benzene rings is 3. The van der Waals surface area contributed by atoms with Crippen molar-refractivity contribution in [1.29, 1.82) is 5.26 Å². The van der Waals surface area contributed by atoms with Gasteiger partial charge in [-0.15, -0.1) is 0 Å². The molecule has 0 fully saturated rings. The molecule has 0 spiro atoms. The zero-order valence-corrected chi connectivity index (χ0v) is 19.4. The minimum absolute atomic E-state index is 0.111. The fourth-order valence-electron chi connectivity index (χ4n) is 3.27. The van der Waals surface area contributed by atoms with Crippen molar-refractivity contribution in [1.82, 2.24) is 4.98 Å². The third kappa shape index (κ3) is 5.13. The van der Waals surface area contributed by atoms with E-state index in [0.717, 1.165) is 4.70 Å². The van der Waals surface area contributed by atoms with Crippen LogP contribution in [0.2, 0.25) is 0 Å². The Bertz CT molecular complexity index is 1390. The van der Waals surface area contributed by atoms with Crippen LogP contribution in [0.3, 0.4) is 0 Å². The van der Waals surface area contributed by atoms with Gasteiger partial charge in [-0.25, -0.2) is 4.98 Å². The molecule has 1 heterocycles. The average molecular weight is 490 g/mol. The van der Waals surface area contributed by atoms with Gasteiger partial charge in [0.2, 0.25) is 6.10 Å². The minimum Gasteiger partial charge on any atom is -0.493 e. The lowest BCUT2D eigenvalue weighted by Gasteiger charge is -2.18. The van der Waals surface area contributed by atoms with Gasteiger partial charge in [0, 0.05) is 29.8 Å². The third-order valence-corrected chi connectivity index (χ3v) is 5.94. The molecule has 35 heavy (non-hydrogen) atoms. The number of rotatable bonds is 8. The lowest BCUT2D eigenvalue weighted by molar-refractivity contribution is -0.384. The number of methoxy groups -OCH3 is 2. The summed E-state index contributed by atoms with van der Waals surface area (Å²) in [4.78, 5) is 28.2. The summed E-state index contributed by atoms with van der Waals surface area (Å²) in [7, 11) is 3.05. The number of nitro benzene ring substituents is 1. The van der Waals surface area contributed by atoms with Crippen molar-refractivity contribution in [2.24, 2.45) is 0 Å². The number of nitrogens with one attached hydrogen (secondary N) is 1. The highest BCUT2D eigenvalue weighted by atomic mass is 32.1. The van der Waals surface area contributed by atoms with Gasteiger partial charge in [-0.2, -0.15) is 5.26 Å². The molecule has 4 aromatic rings. The van der Waals surface area contributed by atoms with Gasteiger partial charge in [0.05, 0.1) is 41.0 Å². The van der Waals surface area contributed by atoms with E-state index in [4.69, 9.17) is 19.5 Å². The van der Waals surface area contributed by atoms with Crippen LogP contribution >= 0.6 is 11.3 Å². The van der Waals surface area contributed by atoms with Crippen molar-refractivity contribution in [3.05, 3.63) is 81.9 Å². The number of carbonyl (C=O) groups excluding carboxylic acids is 1. The summed E-state index contributed by atoms with van der Waals surface area (Å²) >= 11 is 1.24. The number of fused-ring (bicyclic) bond motifs is 1. The molecule has 1 unspecified atom stereocenters. The summed E-state index contributed by atoms with van der Waals surface area (Å²) in [5.41, 5.74) is 1.35. The number of hydrogen-bond donors (Lipinski definition) is 1. The summed E-state index contributed by atoms with van der Waals surface area (Å²) in [6, 6.07) is 17.3. The molecule has 0 aliphatic rings. The SMILES string of the molecule is COc1cc2nc(NC(=O)C(Oc3ccc(C#N)cc3)c3ccc([N+](=O)[O-])cc3)sc2cc1OC. The van der Waals surface area contributed by atoms with Crippen molar-refractivity contribution in [2.75, 3.05) is 19.5 Å². The van der Waals surface area contributed by atoms with Crippen LogP contribution in [-0.2, 0) is 4.79 Å². The Morgan fingerprint density at radius 2 is 1.74 bits per heavy atom. The fourth-order valence-corrected chi connectivity index (χ4v) is 4.15. The highest BCUT2D eigenvalue weighted by Crippen LogP contribution is 2.36. The number of ether oxygens (including phenoxy) is 3. The van der Waals surface area contributed by atoms with Crippen LogP contribution < -0.4 is 19.5 Å². The van der Waals surface area contributed by atoms with Crippen molar-refractivity contribution >= 4 is 38.3 Å². The van der Waals surface area contributed by atoms with Crippen LogP contribution in [0.25, 0.3) is 10.2 Å². The third-order valence-electron chi connectivity index (χ3n) is 5.01. The largest absolute Gasteiger partial charge is 0.493 e. The maximum atomic E-state index is 13.3. The first kappa shape index (κ1) is 23.5. The summed E-state index contributed by atoms with van der Waals surface area (Å²) in [5.74, 6) is 0.869. The topological polar surface area (TPSA) is 137 Å². The number of thiazole rings is 1. The van der Waals surface area contributed by atoms with Crippen molar-refractivity contribution < 1.29 is 23.9 Å². The van der Waals surface area contributed by atoms with Gasteiger partial charge in [0.15, 0.2) is 16.6 Å². The molecule has 0 aliphatic carbocycles.